The van der Waals surface area contributed by atoms with Crippen molar-refractivity contribution in [3.8, 4) is 0 Å². The molecule has 1 heterocycles. The van der Waals surface area contributed by atoms with Crippen LogP contribution in [0.1, 0.15) is 76.5 Å². The lowest BCUT2D eigenvalue weighted by Crippen LogP contribution is -2.38. The normalized spacial score (nSPS) is 22.9. The molecule has 0 unspecified atom stereocenters. The monoisotopic (exact) mass is 251 g/mol. The molecule has 1 aromatic rings. The molecule has 18 heavy (non-hydrogen) atoms. The van der Waals surface area contributed by atoms with Crippen LogP contribution in [0.2, 0.25) is 0 Å². The van der Waals surface area contributed by atoms with Gasteiger partial charge in [0.05, 0.1) is 5.54 Å². The maximum Gasteiger partial charge on any atom is 0.213 e. The summed E-state index contributed by atoms with van der Waals surface area (Å²) < 4.78 is 4.86. The highest BCUT2D eigenvalue weighted by molar-refractivity contribution is 5.01. The molecular weight excluding hydrogens is 226 g/mol. The van der Waals surface area contributed by atoms with Gasteiger partial charge >= 0.3 is 0 Å². The molecule has 4 heteroatoms. The Labute approximate surface area is 109 Å². The van der Waals surface area contributed by atoms with Crippen molar-refractivity contribution >= 4 is 0 Å². The van der Waals surface area contributed by atoms with E-state index in [9.17, 15) is 0 Å². The Hall–Kier alpha value is -0.900. The van der Waals surface area contributed by atoms with E-state index in [1.165, 1.54) is 64.2 Å². The van der Waals surface area contributed by atoms with Crippen LogP contribution in [0.15, 0.2) is 10.9 Å². The maximum atomic E-state index is 6.52. The van der Waals surface area contributed by atoms with E-state index in [4.69, 9.17) is 10.3 Å². The van der Waals surface area contributed by atoms with E-state index in [1.54, 1.807) is 0 Å². The summed E-state index contributed by atoms with van der Waals surface area (Å²) in [6.45, 7) is 0. The fourth-order valence-corrected chi connectivity index (χ4v) is 2.86. The van der Waals surface area contributed by atoms with Crippen molar-refractivity contribution in [2.75, 3.05) is 0 Å². The SMILES string of the molecule is NC1(c2ncon2)CCCCCCCCCCC1. The minimum Gasteiger partial charge on any atom is -0.343 e. The lowest BCUT2D eigenvalue weighted by Gasteiger charge is -2.26. The quantitative estimate of drug-likeness (QED) is 0.829. The van der Waals surface area contributed by atoms with E-state index < -0.39 is 0 Å². The van der Waals surface area contributed by atoms with E-state index in [1.807, 2.05) is 0 Å². The first-order chi connectivity index (χ1) is 8.81. The Kier molecular flexibility index (Phi) is 5.17. The Morgan fingerprint density at radius 1 is 0.889 bits per heavy atom. The molecule has 102 valence electrons. The molecule has 0 aromatic carbocycles. The number of nitrogens with zero attached hydrogens (tertiary/aromatic N) is 2. The summed E-state index contributed by atoms with van der Waals surface area (Å²) in [6, 6.07) is 0. The Morgan fingerprint density at radius 2 is 1.39 bits per heavy atom. The number of rotatable bonds is 1. The molecule has 1 aliphatic carbocycles. The molecule has 1 fully saturated rings. The molecule has 2 rings (SSSR count). The first kappa shape index (κ1) is 13.5. The van der Waals surface area contributed by atoms with Crippen molar-refractivity contribution in [2.24, 2.45) is 5.73 Å². The Morgan fingerprint density at radius 3 is 1.83 bits per heavy atom. The molecule has 1 saturated carbocycles. The highest BCUT2D eigenvalue weighted by Gasteiger charge is 2.30. The topological polar surface area (TPSA) is 64.9 Å². The number of nitrogens with two attached hydrogens (primary N) is 1. The van der Waals surface area contributed by atoms with Crippen LogP contribution in [-0.4, -0.2) is 10.1 Å². The number of hydrogen-bond acceptors (Lipinski definition) is 4. The average molecular weight is 251 g/mol. The average Bonchev–Trinajstić information content (AvgIpc) is 2.88. The van der Waals surface area contributed by atoms with Crippen LogP contribution in [0.3, 0.4) is 0 Å². The summed E-state index contributed by atoms with van der Waals surface area (Å²) in [7, 11) is 0. The van der Waals surface area contributed by atoms with Crippen molar-refractivity contribution in [2.45, 2.75) is 76.2 Å². The van der Waals surface area contributed by atoms with Crippen LogP contribution >= 0.6 is 0 Å². The zero-order valence-corrected chi connectivity index (χ0v) is 11.2. The smallest absolute Gasteiger partial charge is 0.213 e. The third-order valence-corrected chi connectivity index (χ3v) is 4.05. The van der Waals surface area contributed by atoms with Crippen LogP contribution in [0, 0.1) is 0 Å². The Balaban J connectivity index is 1.96. The second-order valence-electron chi connectivity index (χ2n) is 5.59. The lowest BCUT2D eigenvalue weighted by atomic mass is 9.86. The molecule has 1 aromatic heterocycles. The first-order valence-electron chi connectivity index (χ1n) is 7.37. The van der Waals surface area contributed by atoms with Crippen molar-refractivity contribution < 1.29 is 4.52 Å². The van der Waals surface area contributed by atoms with Crippen molar-refractivity contribution in [3.05, 3.63) is 12.2 Å². The molecule has 0 saturated heterocycles. The van der Waals surface area contributed by atoms with Gasteiger partial charge < -0.3 is 10.3 Å². The highest BCUT2D eigenvalue weighted by Crippen LogP contribution is 2.29. The van der Waals surface area contributed by atoms with Crippen LogP contribution < -0.4 is 5.73 Å². The number of aromatic nitrogens is 2. The Bertz CT molecular complexity index is 312. The van der Waals surface area contributed by atoms with Crippen LogP contribution in [0.25, 0.3) is 0 Å². The van der Waals surface area contributed by atoms with Gasteiger partial charge in [0.25, 0.3) is 0 Å². The molecule has 0 radical (unpaired) electrons. The molecule has 0 bridgehead atoms. The fourth-order valence-electron chi connectivity index (χ4n) is 2.86. The summed E-state index contributed by atoms with van der Waals surface area (Å²) in [5, 5.41) is 3.97. The van der Waals surface area contributed by atoms with Crippen LogP contribution in [0.5, 0.6) is 0 Å². The molecule has 2 N–H and O–H groups in total. The van der Waals surface area contributed by atoms with Gasteiger partial charge in [0.2, 0.25) is 6.39 Å². The van der Waals surface area contributed by atoms with Gasteiger partial charge in [0.1, 0.15) is 0 Å². The highest BCUT2D eigenvalue weighted by atomic mass is 16.5. The van der Waals surface area contributed by atoms with Crippen LogP contribution in [0.4, 0.5) is 0 Å². The van der Waals surface area contributed by atoms with E-state index in [0.717, 1.165) is 12.8 Å². The lowest BCUT2D eigenvalue weighted by molar-refractivity contribution is 0.304. The minimum atomic E-state index is -0.369. The third-order valence-electron chi connectivity index (χ3n) is 4.05. The van der Waals surface area contributed by atoms with Gasteiger partial charge in [-0.3, -0.25) is 0 Å². The van der Waals surface area contributed by atoms with E-state index in [0.29, 0.717) is 5.82 Å². The summed E-state index contributed by atoms with van der Waals surface area (Å²) in [6.07, 6.45) is 15.1. The first-order valence-corrected chi connectivity index (χ1v) is 7.37. The van der Waals surface area contributed by atoms with Crippen molar-refractivity contribution in [1.29, 1.82) is 0 Å². The standard InChI is InChI=1S/C14H25N3O/c15-14(13-16-12-18-17-13)10-8-6-4-2-1-3-5-7-9-11-14/h12H,1-11,15H2. The van der Waals surface area contributed by atoms with Gasteiger partial charge in [-0.15, -0.1) is 0 Å². The van der Waals surface area contributed by atoms with E-state index >= 15 is 0 Å². The van der Waals surface area contributed by atoms with Crippen molar-refractivity contribution in [1.82, 2.24) is 10.1 Å². The van der Waals surface area contributed by atoms with E-state index in [-0.39, 0.29) is 5.54 Å². The summed E-state index contributed by atoms with van der Waals surface area (Å²) >= 11 is 0. The zero-order valence-electron chi connectivity index (χ0n) is 11.2. The molecule has 1 aliphatic rings. The predicted molar refractivity (Wildman–Crippen MR) is 71.0 cm³/mol. The summed E-state index contributed by atoms with van der Waals surface area (Å²) in [4.78, 5) is 4.18. The second-order valence-corrected chi connectivity index (χ2v) is 5.59. The number of hydrogen-bond donors (Lipinski definition) is 1. The van der Waals surface area contributed by atoms with Gasteiger partial charge in [-0.05, 0) is 12.8 Å². The van der Waals surface area contributed by atoms with Gasteiger partial charge in [-0.25, -0.2) is 0 Å². The van der Waals surface area contributed by atoms with Gasteiger partial charge in [-0.1, -0.05) is 62.9 Å². The molecule has 0 spiro atoms. The van der Waals surface area contributed by atoms with Crippen molar-refractivity contribution in [3.63, 3.8) is 0 Å². The van der Waals surface area contributed by atoms with Gasteiger partial charge in [0, 0.05) is 0 Å². The minimum absolute atomic E-state index is 0.369. The molecule has 4 nitrogen and oxygen atoms in total. The molecule has 0 aliphatic heterocycles. The largest absolute Gasteiger partial charge is 0.343 e. The van der Waals surface area contributed by atoms with E-state index in [2.05, 4.69) is 10.1 Å². The second kappa shape index (κ2) is 6.88. The summed E-state index contributed by atoms with van der Waals surface area (Å²) in [5.74, 6) is 0.694. The molecule has 0 atom stereocenters. The zero-order chi connectivity index (χ0) is 12.7. The van der Waals surface area contributed by atoms with Crippen LogP contribution in [-0.2, 0) is 5.54 Å². The molecular formula is C14H25N3O. The van der Waals surface area contributed by atoms with Gasteiger partial charge in [-0.2, -0.15) is 4.98 Å². The van der Waals surface area contributed by atoms with Gasteiger partial charge in [0.15, 0.2) is 5.82 Å². The third kappa shape index (κ3) is 3.80. The maximum absolute atomic E-state index is 6.52. The molecule has 0 amide bonds. The predicted octanol–water partition coefficient (Wildman–Crippen LogP) is 3.53. The fraction of sp³-hybridized carbons (Fsp3) is 0.857. The summed E-state index contributed by atoms with van der Waals surface area (Å²) in [5.41, 5.74) is 6.15.